The Bertz CT molecular complexity index is 1240. The summed E-state index contributed by atoms with van der Waals surface area (Å²) < 4.78 is 2.36. The second kappa shape index (κ2) is 9.93. The van der Waals surface area contributed by atoms with Crippen molar-refractivity contribution >= 4 is 22.7 Å². The summed E-state index contributed by atoms with van der Waals surface area (Å²) in [5, 5.41) is 12.1. The van der Waals surface area contributed by atoms with Crippen molar-refractivity contribution in [3.8, 4) is 0 Å². The monoisotopic (exact) mass is 473 g/mol. The third-order valence-electron chi connectivity index (χ3n) is 5.72. The Morgan fingerprint density at radius 1 is 0.853 bits per heavy atom. The molecule has 0 bridgehead atoms. The van der Waals surface area contributed by atoms with Gasteiger partial charge >= 0.3 is 0 Å². The van der Waals surface area contributed by atoms with Crippen LogP contribution in [0.3, 0.4) is 0 Å². The van der Waals surface area contributed by atoms with Crippen LogP contribution in [0.4, 0.5) is 0 Å². The van der Waals surface area contributed by atoms with Gasteiger partial charge in [0.1, 0.15) is 0 Å². The van der Waals surface area contributed by atoms with Gasteiger partial charge in [0.05, 0.1) is 23.5 Å². The first-order valence-corrected chi connectivity index (χ1v) is 12.9. The summed E-state index contributed by atoms with van der Waals surface area (Å²) in [7, 11) is 0. The third-order valence-corrected chi connectivity index (χ3v) is 6.75. The molecule has 0 fully saturated rings. The largest absolute Gasteiger partial charge is 0.390 e. The van der Waals surface area contributed by atoms with Crippen LogP contribution in [-0.4, -0.2) is 25.2 Å². The summed E-state index contributed by atoms with van der Waals surface area (Å²) in [4.78, 5) is 10.3. The molecule has 0 atom stereocenters. The molecule has 0 saturated carbocycles. The van der Waals surface area contributed by atoms with Crippen molar-refractivity contribution in [1.82, 2.24) is 14.5 Å². The van der Waals surface area contributed by atoms with E-state index in [4.69, 9.17) is 0 Å². The first kappa shape index (κ1) is 24.5. The molecule has 4 rings (SSSR count). The molecule has 178 valence electrons. The van der Waals surface area contributed by atoms with Crippen LogP contribution < -0.4 is 0 Å². The molecule has 0 spiro atoms. The maximum atomic E-state index is 10.8. The Morgan fingerprint density at radius 3 is 2.12 bits per heavy atom. The maximum absolute atomic E-state index is 10.8. The van der Waals surface area contributed by atoms with Gasteiger partial charge in [-0.15, -0.1) is 11.8 Å². The van der Waals surface area contributed by atoms with Crippen molar-refractivity contribution in [2.75, 3.05) is 0 Å². The fraction of sp³-hybridized carbons (Fsp3) is 0.379. The minimum Gasteiger partial charge on any atom is -0.390 e. The lowest BCUT2D eigenvalue weighted by atomic mass is 9.85. The topological polar surface area (TPSA) is 50.9 Å². The Kier molecular flexibility index (Phi) is 7.15. The lowest BCUT2D eigenvalue weighted by Gasteiger charge is -2.23. The van der Waals surface area contributed by atoms with E-state index in [9.17, 15) is 5.11 Å². The molecule has 3 heterocycles. The highest BCUT2D eigenvalue weighted by atomic mass is 32.2. The maximum Gasteiger partial charge on any atom is 0.0651 e. The van der Waals surface area contributed by atoms with Crippen molar-refractivity contribution in [1.29, 1.82) is 0 Å². The Balaban J connectivity index is 1.82. The minimum absolute atomic E-state index is 0.121. The molecule has 0 aliphatic rings. The molecule has 0 aliphatic carbocycles. The van der Waals surface area contributed by atoms with Crippen LogP contribution in [-0.2, 0) is 25.1 Å². The van der Waals surface area contributed by atoms with Gasteiger partial charge in [0, 0.05) is 46.1 Å². The van der Waals surface area contributed by atoms with E-state index in [2.05, 4.69) is 65.6 Å². The molecule has 4 nitrogen and oxygen atoms in total. The van der Waals surface area contributed by atoms with Crippen LogP contribution >= 0.6 is 11.8 Å². The van der Waals surface area contributed by atoms with Crippen LogP contribution in [0.2, 0.25) is 0 Å². The molecule has 34 heavy (non-hydrogen) atoms. The average molecular weight is 474 g/mol. The van der Waals surface area contributed by atoms with Gasteiger partial charge in [-0.1, -0.05) is 32.9 Å². The molecular weight excluding hydrogens is 438 g/mol. The van der Waals surface area contributed by atoms with E-state index in [0.717, 1.165) is 23.6 Å². The molecule has 4 aromatic rings. The summed E-state index contributed by atoms with van der Waals surface area (Å²) in [6.07, 6.45) is 5.23. The van der Waals surface area contributed by atoms with Crippen LogP contribution in [0.5, 0.6) is 0 Å². The molecule has 5 heteroatoms. The Labute approximate surface area is 207 Å². The van der Waals surface area contributed by atoms with Crippen molar-refractivity contribution < 1.29 is 5.11 Å². The number of hydrogen-bond acceptors (Lipinski definition) is 4. The predicted molar refractivity (Wildman–Crippen MR) is 142 cm³/mol. The lowest BCUT2D eigenvalue weighted by molar-refractivity contribution is 0.0788. The molecule has 0 saturated heterocycles. The zero-order valence-electron chi connectivity index (χ0n) is 20.9. The van der Waals surface area contributed by atoms with Crippen LogP contribution in [0.1, 0.15) is 57.3 Å². The number of rotatable bonds is 8. The molecule has 0 amide bonds. The Morgan fingerprint density at radius 2 is 1.53 bits per heavy atom. The highest BCUT2D eigenvalue weighted by molar-refractivity contribution is 7.98. The van der Waals surface area contributed by atoms with E-state index in [0.29, 0.717) is 13.0 Å². The number of aliphatic hydroxyl groups is 1. The predicted octanol–water partition coefficient (Wildman–Crippen LogP) is 6.67. The van der Waals surface area contributed by atoms with Gasteiger partial charge in [-0.3, -0.25) is 9.97 Å². The van der Waals surface area contributed by atoms with Crippen molar-refractivity contribution in [3.05, 3.63) is 89.6 Å². The standard InChI is InChI=1S/C29H35N3OS/c1-28(2,3)17-25-24-16-23(34-20-22-11-7-9-15-31-22)12-13-26(24)32(27(25)18-29(4,5)33)19-21-10-6-8-14-30-21/h6-16,33H,17-20H2,1-5H3. The summed E-state index contributed by atoms with van der Waals surface area (Å²) in [6.45, 7) is 11.3. The van der Waals surface area contributed by atoms with E-state index in [1.54, 1.807) is 0 Å². The van der Waals surface area contributed by atoms with Gasteiger partial charge in [0.2, 0.25) is 0 Å². The number of thioether (sulfide) groups is 1. The van der Waals surface area contributed by atoms with Crippen LogP contribution in [0, 0.1) is 5.41 Å². The minimum atomic E-state index is -0.806. The van der Waals surface area contributed by atoms with E-state index in [-0.39, 0.29) is 5.41 Å². The smallest absolute Gasteiger partial charge is 0.0651 e. The summed E-state index contributed by atoms with van der Waals surface area (Å²) in [5.41, 5.74) is 5.15. The molecule has 3 aromatic heterocycles. The molecule has 1 aromatic carbocycles. The number of hydrogen-bond donors (Lipinski definition) is 1. The second-order valence-electron chi connectivity index (χ2n) is 10.8. The SMILES string of the molecule is CC(C)(C)Cc1c(CC(C)(C)O)n(Cc2ccccn2)c2ccc(SCc3ccccn3)cc12. The normalized spacial score (nSPS) is 12.4. The number of pyridine rings is 2. The summed E-state index contributed by atoms with van der Waals surface area (Å²) >= 11 is 1.81. The van der Waals surface area contributed by atoms with E-state index >= 15 is 0 Å². The van der Waals surface area contributed by atoms with Gasteiger partial charge in [0.25, 0.3) is 0 Å². The highest BCUT2D eigenvalue weighted by Gasteiger charge is 2.26. The van der Waals surface area contributed by atoms with Crippen LogP contribution in [0.15, 0.2) is 71.9 Å². The zero-order chi connectivity index (χ0) is 24.3. The third kappa shape index (κ3) is 6.28. The van der Waals surface area contributed by atoms with Gasteiger partial charge < -0.3 is 9.67 Å². The summed E-state index contributed by atoms with van der Waals surface area (Å²) in [6, 6.07) is 18.9. The quantitative estimate of drug-likeness (QED) is 0.290. The average Bonchev–Trinajstić information content (AvgIpc) is 3.03. The fourth-order valence-electron chi connectivity index (χ4n) is 4.36. The van der Waals surface area contributed by atoms with Crippen LogP contribution in [0.25, 0.3) is 10.9 Å². The molecule has 0 unspecified atom stereocenters. The van der Waals surface area contributed by atoms with Crippen molar-refractivity contribution in [2.24, 2.45) is 5.41 Å². The number of benzene rings is 1. The highest BCUT2D eigenvalue weighted by Crippen LogP contribution is 2.37. The van der Waals surface area contributed by atoms with Gasteiger partial charge in [-0.05, 0) is 73.7 Å². The molecule has 1 N–H and O–H groups in total. The van der Waals surface area contributed by atoms with Crippen molar-refractivity contribution in [3.63, 3.8) is 0 Å². The van der Waals surface area contributed by atoms with E-state index in [1.807, 2.05) is 62.3 Å². The van der Waals surface area contributed by atoms with E-state index < -0.39 is 5.60 Å². The number of nitrogens with zero attached hydrogens (tertiary/aromatic N) is 3. The van der Waals surface area contributed by atoms with Gasteiger partial charge in [-0.25, -0.2) is 0 Å². The molecular formula is C29H35N3OS. The van der Waals surface area contributed by atoms with E-state index in [1.165, 1.54) is 27.1 Å². The first-order valence-electron chi connectivity index (χ1n) is 11.9. The van der Waals surface area contributed by atoms with Gasteiger partial charge in [0.15, 0.2) is 0 Å². The van der Waals surface area contributed by atoms with Gasteiger partial charge in [-0.2, -0.15) is 0 Å². The summed E-state index contributed by atoms with van der Waals surface area (Å²) in [5.74, 6) is 0.839. The Hall–Kier alpha value is -2.63. The second-order valence-corrected chi connectivity index (χ2v) is 11.9. The number of aromatic nitrogens is 3. The number of fused-ring (bicyclic) bond motifs is 1. The first-order chi connectivity index (χ1) is 16.1. The fourth-order valence-corrected chi connectivity index (χ4v) is 5.21. The molecule has 0 aliphatic heterocycles. The lowest BCUT2D eigenvalue weighted by Crippen LogP contribution is -2.25. The molecule has 0 radical (unpaired) electrons. The van der Waals surface area contributed by atoms with Crippen molar-refractivity contribution in [2.45, 2.75) is 70.3 Å². The zero-order valence-corrected chi connectivity index (χ0v) is 21.7.